The van der Waals surface area contributed by atoms with Gasteiger partial charge in [0.25, 0.3) is 15.9 Å². The van der Waals surface area contributed by atoms with Crippen molar-refractivity contribution >= 4 is 43.2 Å². The Hall–Kier alpha value is -2.71. The fourth-order valence-electron chi connectivity index (χ4n) is 2.38. The molecule has 0 unspecified atom stereocenters. The topological polar surface area (TPSA) is 75.3 Å². The van der Waals surface area contributed by atoms with Crippen LogP contribution in [0.4, 0.5) is 15.8 Å². The highest BCUT2D eigenvalue weighted by molar-refractivity contribution is 9.10. The van der Waals surface area contributed by atoms with E-state index >= 15 is 0 Å². The number of benzene rings is 3. The maximum absolute atomic E-state index is 13.9. The first-order valence-electron chi connectivity index (χ1n) is 7.80. The van der Waals surface area contributed by atoms with Gasteiger partial charge in [-0.3, -0.25) is 9.52 Å². The number of halogens is 2. The average molecular weight is 449 g/mol. The SMILES string of the molecule is O=C(Nc1ccccc1)c1cc(Br)ccc1NS(=O)(=O)c1ccccc1F. The second-order valence-electron chi connectivity index (χ2n) is 5.55. The summed E-state index contributed by atoms with van der Waals surface area (Å²) in [7, 11) is -4.21. The summed E-state index contributed by atoms with van der Waals surface area (Å²) >= 11 is 3.27. The van der Waals surface area contributed by atoms with Crippen LogP contribution in [-0.2, 0) is 10.0 Å². The van der Waals surface area contributed by atoms with Crippen LogP contribution in [-0.4, -0.2) is 14.3 Å². The van der Waals surface area contributed by atoms with Crippen molar-refractivity contribution in [3.05, 3.63) is 88.6 Å². The quantitative estimate of drug-likeness (QED) is 0.596. The van der Waals surface area contributed by atoms with Gasteiger partial charge in [-0.05, 0) is 42.5 Å². The summed E-state index contributed by atoms with van der Waals surface area (Å²) in [4.78, 5) is 12.1. The van der Waals surface area contributed by atoms with Gasteiger partial charge in [0.15, 0.2) is 0 Å². The van der Waals surface area contributed by atoms with Gasteiger partial charge in [-0.25, -0.2) is 12.8 Å². The standard InChI is InChI=1S/C19H14BrFN2O3S/c20-13-10-11-17(23-27(25,26)18-9-5-4-8-16(18)21)15(12-13)19(24)22-14-6-2-1-3-7-14/h1-12,23H,(H,22,24). The van der Waals surface area contributed by atoms with Crippen LogP contribution >= 0.6 is 15.9 Å². The summed E-state index contributed by atoms with van der Waals surface area (Å²) in [5.74, 6) is -1.38. The Bertz CT molecular complexity index is 1090. The highest BCUT2D eigenvalue weighted by Crippen LogP contribution is 2.26. The molecule has 0 aliphatic heterocycles. The van der Waals surface area contributed by atoms with Gasteiger partial charge in [-0.15, -0.1) is 0 Å². The van der Waals surface area contributed by atoms with Crippen molar-refractivity contribution in [1.29, 1.82) is 0 Å². The molecule has 0 spiro atoms. The maximum Gasteiger partial charge on any atom is 0.264 e. The number of rotatable bonds is 5. The average Bonchev–Trinajstić information content (AvgIpc) is 2.64. The number of anilines is 2. The lowest BCUT2D eigenvalue weighted by atomic mass is 10.1. The van der Waals surface area contributed by atoms with Crippen molar-refractivity contribution in [1.82, 2.24) is 0 Å². The first kappa shape index (κ1) is 19.1. The van der Waals surface area contributed by atoms with Crippen LogP contribution in [0.1, 0.15) is 10.4 Å². The summed E-state index contributed by atoms with van der Waals surface area (Å²) in [5, 5.41) is 2.69. The van der Waals surface area contributed by atoms with Gasteiger partial charge >= 0.3 is 0 Å². The second kappa shape index (κ2) is 7.89. The predicted molar refractivity (Wildman–Crippen MR) is 106 cm³/mol. The highest BCUT2D eigenvalue weighted by atomic mass is 79.9. The van der Waals surface area contributed by atoms with Gasteiger partial charge in [0.2, 0.25) is 0 Å². The van der Waals surface area contributed by atoms with E-state index in [1.165, 1.54) is 24.3 Å². The maximum atomic E-state index is 13.9. The summed E-state index contributed by atoms with van der Waals surface area (Å²) in [6.45, 7) is 0. The van der Waals surface area contributed by atoms with E-state index in [9.17, 15) is 17.6 Å². The molecule has 0 saturated carbocycles. The lowest BCUT2D eigenvalue weighted by molar-refractivity contribution is 0.102. The largest absolute Gasteiger partial charge is 0.322 e. The molecule has 0 fully saturated rings. The van der Waals surface area contributed by atoms with E-state index in [-0.39, 0.29) is 11.3 Å². The zero-order valence-electron chi connectivity index (χ0n) is 13.8. The zero-order valence-corrected chi connectivity index (χ0v) is 16.2. The van der Waals surface area contributed by atoms with E-state index in [4.69, 9.17) is 0 Å². The molecule has 5 nitrogen and oxygen atoms in total. The third-order valence-corrected chi connectivity index (χ3v) is 5.52. The van der Waals surface area contributed by atoms with Gasteiger partial charge in [0.1, 0.15) is 10.7 Å². The fraction of sp³-hybridized carbons (Fsp3) is 0. The van der Waals surface area contributed by atoms with E-state index in [2.05, 4.69) is 26.0 Å². The van der Waals surface area contributed by atoms with Crippen molar-refractivity contribution in [3.63, 3.8) is 0 Å². The van der Waals surface area contributed by atoms with Crippen LogP contribution in [0.5, 0.6) is 0 Å². The lowest BCUT2D eigenvalue weighted by Gasteiger charge is -2.14. The molecule has 138 valence electrons. The molecule has 3 aromatic carbocycles. The normalized spacial score (nSPS) is 11.0. The molecule has 27 heavy (non-hydrogen) atoms. The molecule has 2 N–H and O–H groups in total. The van der Waals surface area contributed by atoms with E-state index in [1.807, 2.05) is 6.07 Å². The Morgan fingerprint density at radius 2 is 1.59 bits per heavy atom. The van der Waals surface area contributed by atoms with Crippen molar-refractivity contribution in [3.8, 4) is 0 Å². The van der Waals surface area contributed by atoms with Gasteiger partial charge in [0.05, 0.1) is 11.3 Å². The molecule has 0 aliphatic rings. The van der Waals surface area contributed by atoms with Crippen LogP contribution in [0.15, 0.2) is 82.2 Å². The van der Waals surface area contributed by atoms with E-state index in [1.54, 1.807) is 30.3 Å². The summed E-state index contributed by atoms with van der Waals surface area (Å²) in [5.41, 5.74) is 0.688. The molecule has 0 aliphatic carbocycles. The minimum Gasteiger partial charge on any atom is -0.322 e. The zero-order chi connectivity index (χ0) is 19.4. The minimum absolute atomic E-state index is 0.0369. The molecule has 0 atom stereocenters. The number of carbonyl (C=O) groups excluding carboxylic acids is 1. The van der Waals surface area contributed by atoms with Gasteiger partial charge in [-0.1, -0.05) is 46.3 Å². The minimum atomic E-state index is -4.21. The van der Waals surface area contributed by atoms with Crippen molar-refractivity contribution < 1.29 is 17.6 Å². The van der Waals surface area contributed by atoms with Gasteiger partial charge in [-0.2, -0.15) is 0 Å². The van der Waals surface area contributed by atoms with Crippen LogP contribution < -0.4 is 10.0 Å². The van der Waals surface area contributed by atoms with Gasteiger partial charge in [0, 0.05) is 10.2 Å². The molecule has 3 aromatic rings. The van der Waals surface area contributed by atoms with Crippen LogP contribution in [0.25, 0.3) is 0 Å². The molecule has 0 radical (unpaired) electrons. The molecular formula is C19H14BrFN2O3S. The Morgan fingerprint density at radius 1 is 0.926 bits per heavy atom. The number of hydrogen-bond acceptors (Lipinski definition) is 3. The predicted octanol–water partition coefficient (Wildman–Crippen LogP) is 4.64. The van der Waals surface area contributed by atoms with Gasteiger partial charge < -0.3 is 5.32 Å². The molecule has 1 amide bonds. The summed E-state index contributed by atoms with van der Waals surface area (Å²) in [6.07, 6.45) is 0. The van der Waals surface area contributed by atoms with Crippen LogP contribution in [0.2, 0.25) is 0 Å². The van der Waals surface area contributed by atoms with Crippen LogP contribution in [0.3, 0.4) is 0 Å². The van der Waals surface area contributed by atoms with Crippen molar-refractivity contribution in [2.45, 2.75) is 4.90 Å². The van der Waals surface area contributed by atoms with E-state index in [0.717, 1.165) is 12.1 Å². The number of nitrogens with one attached hydrogen (secondary N) is 2. The monoisotopic (exact) mass is 448 g/mol. The lowest BCUT2D eigenvalue weighted by Crippen LogP contribution is -2.19. The summed E-state index contributed by atoms with van der Waals surface area (Å²) in [6, 6.07) is 18.3. The molecule has 8 heteroatoms. The van der Waals surface area contributed by atoms with E-state index in [0.29, 0.717) is 10.2 Å². The molecule has 0 aromatic heterocycles. The molecule has 0 saturated heterocycles. The Balaban J connectivity index is 1.95. The van der Waals surface area contributed by atoms with Crippen molar-refractivity contribution in [2.75, 3.05) is 10.0 Å². The number of sulfonamides is 1. The smallest absolute Gasteiger partial charge is 0.264 e. The van der Waals surface area contributed by atoms with Crippen molar-refractivity contribution in [2.24, 2.45) is 0 Å². The third-order valence-electron chi connectivity index (χ3n) is 3.63. The number of hydrogen-bond donors (Lipinski definition) is 2. The number of para-hydroxylation sites is 1. The first-order valence-corrected chi connectivity index (χ1v) is 10.1. The Labute approximate surface area is 164 Å². The second-order valence-corrected chi connectivity index (χ2v) is 8.11. The summed E-state index contributed by atoms with van der Waals surface area (Å²) < 4.78 is 41.9. The van der Waals surface area contributed by atoms with Crippen LogP contribution in [0, 0.1) is 5.82 Å². The molecule has 0 bridgehead atoms. The highest BCUT2D eigenvalue weighted by Gasteiger charge is 2.22. The Morgan fingerprint density at radius 3 is 2.30 bits per heavy atom. The fourth-order valence-corrected chi connectivity index (χ4v) is 3.90. The Kier molecular flexibility index (Phi) is 5.57. The molecule has 0 heterocycles. The molecule has 3 rings (SSSR count). The van der Waals surface area contributed by atoms with E-state index < -0.39 is 26.6 Å². The molecular weight excluding hydrogens is 435 g/mol. The first-order chi connectivity index (χ1) is 12.9. The third kappa shape index (κ3) is 4.53. The number of carbonyl (C=O) groups is 1. The number of amides is 1.